The molecule has 1 saturated heterocycles. The monoisotopic (exact) mass is 262 g/mol. The molecule has 1 amide bonds. The largest absolute Gasteiger partial charge is 0.381 e. The zero-order valence-corrected chi connectivity index (χ0v) is 11.3. The first-order valence-corrected chi connectivity index (χ1v) is 6.84. The lowest BCUT2D eigenvalue weighted by Crippen LogP contribution is -2.47. The minimum absolute atomic E-state index is 0.0803. The lowest BCUT2D eigenvalue weighted by Gasteiger charge is -2.21. The molecule has 0 aliphatic carbocycles. The van der Waals surface area contributed by atoms with E-state index in [2.05, 4.69) is 5.32 Å². The predicted octanol–water partition coefficient (Wildman–Crippen LogP) is 1.10. The molecule has 0 saturated carbocycles. The number of rotatable bonds is 5. The third-order valence-corrected chi connectivity index (χ3v) is 3.68. The molecule has 104 valence electrons. The second-order valence-corrected chi connectivity index (χ2v) is 5.22. The second kappa shape index (κ2) is 6.68. The van der Waals surface area contributed by atoms with Gasteiger partial charge in [-0.1, -0.05) is 30.3 Å². The Labute approximate surface area is 114 Å². The van der Waals surface area contributed by atoms with Crippen molar-refractivity contribution in [3.05, 3.63) is 35.9 Å². The van der Waals surface area contributed by atoms with Gasteiger partial charge in [0.05, 0.1) is 12.6 Å². The number of nitrogens with two attached hydrogens (primary N) is 1. The van der Waals surface area contributed by atoms with Gasteiger partial charge in [-0.25, -0.2) is 0 Å². The molecule has 19 heavy (non-hydrogen) atoms. The van der Waals surface area contributed by atoms with Crippen molar-refractivity contribution in [3.8, 4) is 0 Å². The molecule has 2 rings (SSSR count). The van der Waals surface area contributed by atoms with Gasteiger partial charge >= 0.3 is 0 Å². The number of carbonyl (C=O) groups excluding carboxylic acids is 1. The lowest BCUT2D eigenvalue weighted by atomic mass is 9.99. The Kier molecular flexibility index (Phi) is 4.93. The van der Waals surface area contributed by atoms with Gasteiger partial charge in [-0.05, 0) is 25.3 Å². The van der Waals surface area contributed by atoms with Gasteiger partial charge in [0.2, 0.25) is 5.91 Å². The highest BCUT2D eigenvalue weighted by molar-refractivity contribution is 5.82. The van der Waals surface area contributed by atoms with Crippen molar-refractivity contribution in [1.82, 2.24) is 5.32 Å². The summed E-state index contributed by atoms with van der Waals surface area (Å²) in [5, 5.41) is 3.00. The van der Waals surface area contributed by atoms with E-state index in [1.807, 2.05) is 37.3 Å². The number of hydrogen-bond donors (Lipinski definition) is 2. The predicted molar refractivity (Wildman–Crippen MR) is 74.7 cm³/mol. The molecular weight excluding hydrogens is 240 g/mol. The summed E-state index contributed by atoms with van der Waals surface area (Å²) >= 11 is 0. The fraction of sp³-hybridized carbons (Fsp3) is 0.533. The Morgan fingerprint density at radius 2 is 2.21 bits per heavy atom. The van der Waals surface area contributed by atoms with E-state index < -0.39 is 6.04 Å². The molecule has 1 aliphatic rings. The molecule has 4 heteroatoms. The van der Waals surface area contributed by atoms with Crippen LogP contribution in [0.15, 0.2) is 30.3 Å². The van der Waals surface area contributed by atoms with Crippen LogP contribution >= 0.6 is 0 Å². The van der Waals surface area contributed by atoms with Gasteiger partial charge in [0.1, 0.15) is 0 Å². The van der Waals surface area contributed by atoms with Crippen LogP contribution in [0.1, 0.15) is 18.9 Å². The smallest absolute Gasteiger partial charge is 0.237 e. The lowest BCUT2D eigenvalue weighted by molar-refractivity contribution is -0.123. The second-order valence-electron chi connectivity index (χ2n) is 5.22. The van der Waals surface area contributed by atoms with Crippen LogP contribution in [0.3, 0.4) is 0 Å². The van der Waals surface area contributed by atoms with Crippen molar-refractivity contribution in [3.63, 3.8) is 0 Å². The van der Waals surface area contributed by atoms with E-state index in [9.17, 15) is 4.79 Å². The van der Waals surface area contributed by atoms with Crippen molar-refractivity contribution in [2.24, 2.45) is 11.7 Å². The van der Waals surface area contributed by atoms with Crippen LogP contribution in [0.4, 0.5) is 0 Å². The van der Waals surface area contributed by atoms with E-state index in [1.165, 1.54) is 0 Å². The average Bonchev–Trinajstić information content (AvgIpc) is 2.93. The molecule has 2 unspecified atom stereocenters. The standard InChI is InChI=1S/C15H22N2O2/c1-11(13-7-8-19-10-13)17-15(18)14(16)9-12-5-3-2-4-6-12/h2-6,11,13-14H,7-10,16H2,1H3,(H,17,18)/t11?,13?,14-/m1/s1. The number of amides is 1. The first-order chi connectivity index (χ1) is 9.16. The normalized spacial score (nSPS) is 21.9. The summed E-state index contributed by atoms with van der Waals surface area (Å²) in [6, 6.07) is 9.47. The van der Waals surface area contributed by atoms with Crippen LogP contribution in [-0.4, -0.2) is 31.2 Å². The SMILES string of the molecule is CC(NC(=O)[C@H](N)Cc1ccccc1)C1CCOC1. The Balaban J connectivity index is 1.82. The summed E-state index contributed by atoms with van der Waals surface area (Å²) in [5.74, 6) is 0.330. The quantitative estimate of drug-likeness (QED) is 0.835. The fourth-order valence-corrected chi connectivity index (χ4v) is 2.36. The van der Waals surface area contributed by atoms with Crippen LogP contribution < -0.4 is 11.1 Å². The Morgan fingerprint density at radius 3 is 2.84 bits per heavy atom. The van der Waals surface area contributed by atoms with E-state index in [0.29, 0.717) is 12.3 Å². The summed E-state index contributed by atoms with van der Waals surface area (Å²) in [4.78, 5) is 12.0. The summed E-state index contributed by atoms with van der Waals surface area (Å²) in [5.41, 5.74) is 7.04. The van der Waals surface area contributed by atoms with Gasteiger partial charge in [-0.3, -0.25) is 4.79 Å². The van der Waals surface area contributed by atoms with Crippen LogP contribution in [-0.2, 0) is 16.0 Å². The number of benzene rings is 1. The molecule has 1 aromatic rings. The molecule has 3 atom stereocenters. The van der Waals surface area contributed by atoms with Crippen LogP contribution in [0.5, 0.6) is 0 Å². The van der Waals surface area contributed by atoms with Gasteiger partial charge in [0.25, 0.3) is 0 Å². The molecule has 0 radical (unpaired) electrons. The highest BCUT2D eigenvalue weighted by Crippen LogP contribution is 2.16. The zero-order chi connectivity index (χ0) is 13.7. The molecule has 1 aromatic carbocycles. The Morgan fingerprint density at radius 1 is 1.47 bits per heavy atom. The molecule has 3 N–H and O–H groups in total. The third-order valence-electron chi connectivity index (χ3n) is 3.68. The van der Waals surface area contributed by atoms with Crippen LogP contribution in [0.2, 0.25) is 0 Å². The number of ether oxygens (including phenoxy) is 1. The van der Waals surface area contributed by atoms with Crippen molar-refractivity contribution < 1.29 is 9.53 Å². The van der Waals surface area contributed by atoms with E-state index in [1.54, 1.807) is 0 Å². The first kappa shape index (κ1) is 14.0. The molecule has 4 nitrogen and oxygen atoms in total. The van der Waals surface area contributed by atoms with Crippen LogP contribution in [0.25, 0.3) is 0 Å². The van der Waals surface area contributed by atoms with Crippen molar-refractivity contribution in [1.29, 1.82) is 0 Å². The molecular formula is C15H22N2O2. The number of hydrogen-bond acceptors (Lipinski definition) is 3. The van der Waals surface area contributed by atoms with Crippen molar-refractivity contribution in [2.45, 2.75) is 31.8 Å². The van der Waals surface area contributed by atoms with Gasteiger partial charge in [-0.2, -0.15) is 0 Å². The third kappa shape index (κ3) is 4.04. The zero-order valence-electron chi connectivity index (χ0n) is 11.3. The molecule has 1 heterocycles. The summed E-state index contributed by atoms with van der Waals surface area (Å²) in [7, 11) is 0. The maximum Gasteiger partial charge on any atom is 0.237 e. The fourth-order valence-electron chi connectivity index (χ4n) is 2.36. The van der Waals surface area contributed by atoms with Gasteiger partial charge in [-0.15, -0.1) is 0 Å². The maximum absolute atomic E-state index is 12.0. The summed E-state index contributed by atoms with van der Waals surface area (Å²) in [6.07, 6.45) is 1.58. The minimum Gasteiger partial charge on any atom is -0.381 e. The van der Waals surface area contributed by atoms with Gasteiger partial charge in [0.15, 0.2) is 0 Å². The van der Waals surface area contributed by atoms with Gasteiger partial charge in [0, 0.05) is 18.6 Å². The highest BCUT2D eigenvalue weighted by atomic mass is 16.5. The van der Waals surface area contributed by atoms with Gasteiger partial charge < -0.3 is 15.8 Å². The number of carbonyl (C=O) groups is 1. The molecule has 1 aliphatic heterocycles. The molecule has 1 fully saturated rings. The van der Waals surface area contributed by atoms with Crippen molar-refractivity contribution >= 4 is 5.91 Å². The summed E-state index contributed by atoms with van der Waals surface area (Å²) in [6.45, 7) is 3.54. The van der Waals surface area contributed by atoms with Crippen molar-refractivity contribution in [2.75, 3.05) is 13.2 Å². The topological polar surface area (TPSA) is 64.4 Å². The maximum atomic E-state index is 12.0. The Hall–Kier alpha value is -1.39. The molecule has 0 bridgehead atoms. The van der Waals surface area contributed by atoms with E-state index in [4.69, 9.17) is 10.5 Å². The summed E-state index contributed by atoms with van der Waals surface area (Å²) < 4.78 is 5.33. The van der Waals surface area contributed by atoms with E-state index in [-0.39, 0.29) is 11.9 Å². The van der Waals surface area contributed by atoms with E-state index >= 15 is 0 Å². The first-order valence-electron chi connectivity index (χ1n) is 6.84. The molecule has 0 aromatic heterocycles. The average molecular weight is 262 g/mol. The molecule has 0 spiro atoms. The highest BCUT2D eigenvalue weighted by Gasteiger charge is 2.25. The minimum atomic E-state index is -0.493. The van der Waals surface area contributed by atoms with Crippen LogP contribution in [0, 0.1) is 5.92 Å². The Bertz CT molecular complexity index is 402. The number of nitrogens with one attached hydrogen (secondary N) is 1. The van der Waals surface area contributed by atoms with E-state index in [0.717, 1.165) is 25.2 Å².